The van der Waals surface area contributed by atoms with Crippen LogP contribution in [-0.4, -0.2) is 59.4 Å². The van der Waals surface area contributed by atoms with Crippen LogP contribution in [0, 0.1) is 23.7 Å². The number of hydrogen-bond donors (Lipinski definition) is 0. The van der Waals surface area contributed by atoms with Crippen LogP contribution in [0.25, 0.3) is 0 Å². The molecule has 6 heteroatoms. The van der Waals surface area contributed by atoms with Crippen molar-refractivity contribution in [3.63, 3.8) is 0 Å². The molecule has 0 spiro atoms. The van der Waals surface area contributed by atoms with Crippen LogP contribution in [0.15, 0.2) is 11.6 Å². The van der Waals surface area contributed by atoms with Crippen molar-refractivity contribution in [3.8, 4) is 0 Å². The summed E-state index contributed by atoms with van der Waals surface area (Å²) in [5.74, 6) is -1.26. The monoisotopic (exact) mass is 374 g/mol. The summed E-state index contributed by atoms with van der Waals surface area (Å²) in [7, 11) is 0. The van der Waals surface area contributed by atoms with E-state index in [-0.39, 0.29) is 29.6 Å². The van der Waals surface area contributed by atoms with Gasteiger partial charge in [-0.3, -0.25) is 19.3 Å². The van der Waals surface area contributed by atoms with Crippen LogP contribution < -0.4 is 0 Å². The van der Waals surface area contributed by atoms with Crippen LogP contribution in [-0.2, 0) is 19.1 Å². The minimum absolute atomic E-state index is 0.0671. The molecule has 0 radical (unpaired) electrons. The molecule has 0 N–H and O–H groups in total. The van der Waals surface area contributed by atoms with Gasteiger partial charge in [0.05, 0.1) is 11.8 Å². The van der Waals surface area contributed by atoms with Gasteiger partial charge in [0.1, 0.15) is 5.60 Å². The molecule has 2 bridgehead atoms. The number of allylic oxidation sites excluding steroid dienone is 1. The topological polar surface area (TPSA) is 66.9 Å². The van der Waals surface area contributed by atoms with Crippen molar-refractivity contribution in [2.45, 2.75) is 52.1 Å². The Morgan fingerprint density at radius 2 is 1.85 bits per heavy atom. The highest BCUT2D eigenvalue weighted by Gasteiger charge is 2.67. The Morgan fingerprint density at radius 1 is 1.15 bits per heavy atom. The van der Waals surface area contributed by atoms with Gasteiger partial charge in [0.15, 0.2) is 0 Å². The summed E-state index contributed by atoms with van der Waals surface area (Å²) in [6.45, 7) is 8.76. The molecule has 3 fully saturated rings. The van der Waals surface area contributed by atoms with Gasteiger partial charge in [-0.05, 0) is 57.2 Å². The molecule has 5 rings (SSSR count). The maximum absolute atomic E-state index is 13.3. The minimum atomic E-state index is -0.957. The molecule has 0 aromatic carbocycles. The Balaban J connectivity index is 1.60. The van der Waals surface area contributed by atoms with Crippen molar-refractivity contribution in [1.29, 1.82) is 0 Å². The number of hydrogen-bond acceptors (Lipinski definition) is 5. The number of piperidine rings is 1. The first-order chi connectivity index (χ1) is 12.8. The molecule has 27 heavy (non-hydrogen) atoms. The number of likely N-dealkylation sites (tertiary alicyclic amines) is 2. The second-order valence-corrected chi connectivity index (χ2v) is 8.88. The molecular weight excluding hydrogens is 344 g/mol. The highest BCUT2D eigenvalue weighted by atomic mass is 16.6. The van der Waals surface area contributed by atoms with E-state index in [9.17, 15) is 14.4 Å². The maximum atomic E-state index is 13.3. The van der Waals surface area contributed by atoms with E-state index in [0.717, 1.165) is 25.2 Å². The molecule has 1 saturated carbocycles. The number of amides is 2. The molecule has 2 amide bonds. The summed E-state index contributed by atoms with van der Waals surface area (Å²) >= 11 is 0. The van der Waals surface area contributed by atoms with E-state index in [1.165, 1.54) is 31.1 Å². The SMILES string of the molecule is CC(=O)OC12C=C(C)C(C(C)C1)C1C(=O)N(CCN3CCCCC3)C(=O)C12. The molecule has 6 nitrogen and oxygen atoms in total. The summed E-state index contributed by atoms with van der Waals surface area (Å²) in [6, 6.07) is 0. The van der Waals surface area contributed by atoms with Crippen LogP contribution in [0.5, 0.6) is 0 Å². The van der Waals surface area contributed by atoms with Gasteiger partial charge in [-0.15, -0.1) is 0 Å². The van der Waals surface area contributed by atoms with E-state index in [4.69, 9.17) is 4.74 Å². The molecule has 2 heterocycles. The van der Waals surface area contributed by atoms with Gasteiger partial charge in [0.2, 0.25) is 11.8 Å². The predicted octanol–water partition coefficient (Wildman–Crippen LogP) is 1.99. The Morgan fingerprint density at radius 3 is 2.48 bits per heavy atom. The van der Waals surface area contributed by atoms with Gasteiger partial charge >= 0.3 is 5.97 Å². The van der Waals surface area contributed by atoms with Crippen LogP contribution in [0.2, 0.25) is 0 Å². The lowest BCUT2D eigenvalue weighted by molar-refractivity contribution is -0.173. The minimum Gasteiger partial charge on any atom is -0.454 e. The van der Waals surface area contributed by atoms with E-state index < -0.39 is 17.5 Å². The largest absolute Gasteiger partial charge is 0.454 e. The molecule has 2 aliphatic heterocycles. The summed E-state index contributed by atoms with van der Waals surface area (Å²) in [5, 5.41) is 0. The van der Waals surface area contributed by atoms with Crippen molar-refractivity contribution in [2.75, 3.05) is 26.2 Å². The average molecular weight is 374 g/mol. The van der Waals surface area contributed by atoms with Crippen LogP contribution >= 0.6 is 0 Å². The number of rotatable bonds is 4. The molecule has 2 saturated heterocycles. The Kier molecular flexibility index (Phi) is 4.65. The van der Waals surface area contributed by atoms with E-state index in [1.54, 1.807) is 0 Å². The molecule has 5 atom stereocenters. The first-order valence-corrected chi connectivity index (χ1v) is 10.3. The number of ether oxygens (including phenoxy) is 1. The normalized spacial score (nSPS) is 38.8. The first-order valence-electron chi connectivity index (χ1n) is 10.3. The average Bonchev–Trinajstić information content (AvgIpc) is 2.85. The molecule has 0 aromatic rings. The summed E-state index contributed by atoms with van der Waals surface area (Å²) in [4.78, 5) is 42.2. The van der Waals surface area contributed by atoms with Gasteiger partial charge in [-0.2, -0.15) is 0 Å². The number of carbonyl (C=O) groups is 3. The number of carbonyl (C=O) groups excluding carboxylic acids is 3. The molecule has 5 unspecified atom stereocenters. The van der Waals surface area contributed by atoms with Crippen molar-refractivity contribution in [2.24, 2.45) is 23.7 Å². The zero-order chi connectivity index (χ0) is 19.3. The molecule has 3 aliphatic carbocycles. The second kappa shape index (κ2) is 6.73. The van der Waals surface area contributed by atoms with Gasteiger partial charge in [0, 0.05) is 20.0 Å². The van der Waals surface area contributed by atoms with Gasteiger partial charge in [0.25, 0.3) is 0 Å². The van der Waals surface area contributed by atoms with Crippen molar-refractivity contribution in [3.05, 3.63) is 11.6 Å². The standard InChI is InChI=1S/C21H30N2O4/c1-13-11-21(27-15(3)24)12-14(2)16(13)17-18(21)20(26)23(19(17)25)10-9-22-7-5-4-6-8-22/h11,14,16-18H,4-10,12H2,1-3H3. The highest BCUT2D eigenvalue weighted by Crippen LogP contribution is 2.58. The van der Waals surface area contributed by atoms with Crippen molar-refractivity contribution >= 4 is 17.8 Å². The fraction of sp³-hybridized carbons (Fsp3) is 0.762. The van der Waals surface area contributed by atoms with Gasteiger partial charge in [-0.1, -0.05) is 18.9 Å². The van der Waals surface area contributed by atoms with E-state index in [0.29, 0.717) is 13.0 Å². The quantitative estimate of drug-likeness (QED) is 0.428. The Labute approximate surface area is 160 Å². The lowest BCUT2D eigenvalue weighted by atomic mass is 9.54. The lowest BCUT2D eigenvalue weighted by Gasteiger charge is -2.52. The molecule has 5 aliphatic rings. The second-order valence-electron chi connectivity index (χ2n) is 8.88. The van der Waals surface area contributed by atoms with Gasteiger partial charge in [-0.25, -0.2) is 0 Å². The molecule has 148 valence electrons. The maximum Gasteiger partial charge on any atom is 0.303 e. The summed E-state index contributed by atoms with van der Waals surface area (Å²) < 4.78 is 5.76. The van der Waals surface area contributed by atoms with Gasteiger partial charge < -0.3 is 9.64 Å². The molecular formula is C21H30N2O4. The zero-order valence-corrected chi connectivity index (χ0v) is 16.6. The number of nitrogens with zero attached hydrogens (tertiary/aromatic N) is 2. The highest BCUT2D eigenvalue weighted by molar-refractivity contribution is 6.07. The van der Waals surface area contributed by atoms with Crippen LogP contribution in [0.1, 0.15) is 46.5 Å². The van der Waals surface area contributed by atoms with Crippen LogP contribution in [0.4, 0.5) is 0 Å². The summed E-state index contributed by atoms with van der Waals surface area (Å²) in [5.41, 5.74) is 0.122. The van der Waals surface area contributed by atoms with E-state index in [2.05, 4.69) is 11.8 Å². The lowest BCUT2D eigenvalue weighted by Crippen LogP contribution is -2.57. The third-order valence-corrected chi connectivity index (χ3v) is 7.03. The smallest absolute Gasteiger partial charge is 0.303 e. The number of imide groups is 1. The van der Waals surface area contributed by atoms with Crippen LogP contribution in [0.3, 0.4) is 0 Å². The fourth-order valence-electron chi connectivity index (χ4n) is 6.15. The third kappa shape index (κ3) is 2.93. The first kappa shape index (κ1) is 18.7. The third-order valence-electron chi connectivity index (χ3n) is 7.03. The molecule has 0 aromatic heterocycles. The number of esters is 1. The van der Waals surface area contributed by atoms with Crippen molar-refractivity contribution in [1.82, 2.24) is 9.80 Å². The van der Waals surface area contributed by atoms with Crippen molar-refractivity contribution < 1.29 is 19.1 Å². The van der Waals surface area contributed by atoms with E-state index in [1.807, 2.05) is 13.0 Å². The van der Waals surface area contributed by atoms with E-state index >= 15 is 0 Å². The Hall–Kier alpha value is -1.69. The predicted molar refractivity (Wildman–Crippen MR) is 99.5 cm³/mol. The fourth-order valence-corrected chi connectivity index (χ4v) is 6.15. The Bertz CT molecular complexity index is 696. The number of fused-ring (bicyclic) bond motifs is 1. The zero-order valence-electron chi connectivity index (χ0n) is 16.6. The summed E-state index contributed by atoms with van der Waals surface area (Å²) in [6.07, 6.45) is 6.21.